The Hall–Kier alpha value is -1.42. The molecule has 1 aromatic carbocycles. The molecule has 0 bridgehead atoms. The smallest absolute Gasteiger partial charge is 0.171 e. The van der Waals surface area contributed by atoms with Gasteiger partial charge in [-0.1, -0.05) is 37.5 Å². The lowest BCUT2D eigenvalue weighted by molar-refractivity contribution is 0.0563. The van der Waals surface area contributed by atoms with Gasteiger partial charge in [-0.25, -0.2) is 0 Å². The van der Waals surface area contributed by atoms with Gasteiger partial charge in [0.2, 0.25) is 0 Å². The minimum atomic E-state index is -0.000952. The van der Waals surface area contributed by atoms with Crippen LogP contribution < -0.4 is 10.5 Å². The number of halogens is 1. The molecular weight excluding hydrogens is 288 g/mol. The van der Waals surface area contributed by atoms with E-state index in [0.29, 0.717) is 21.9 Å². The van der Waals surface area contributed by atoms with Gasteiger partial charge >= 0.3 is 0 Å². The molecule has 0 saturated heterocycles. The van der Waals surface area contributed by atoms with Crippen molar-refractivity contribution in [2.45, 2.75) is 46.1 Å². The summed E-state index contributed by atoms with van der Waals surface area (Å²) in [5, 5.41) is 12.1. The zero-order chi connectivity index (χ0) is 15.6. The second-order valence-corrected chi connectivity index (χ2v) is 7.19. The highest BCUT2D eigenvalue weighted by Crippen LogP contribution is 2.40. The molecule has 116 valence electrons. The van der Waals surface area contributed by atoms with Crippen LogP contribution in [-0.4, -0.2) is 17.1 Å². The minimum absolute atomic E-state index is 0.000952. The van der Waals surface area contributed by atoms with Gasteiger partial charge in [0.05, 0.1) is 11.1 Å². The standard InChI is InChI=1S/C16H23ClN2O2/c1-10-6-12(9-16(2,3)8-10)21-11-4-5-13(14(17)7-11)15(18)19-20/h4-5,7,10,12,20H,6,8-9H2,1-3H3,(H2,18,19). The van der Waals surface area contributed by atoms with E-state index < -0.39 is 0 Å². The Kier molecular flexibility index (Phi) is 4.67. The van der Waals surface area contributed by atoms with Crippen LogP contribution in [0.15, 0.2) is 23.4 Å². The summed E-state index contributed by atoms with van der Waals surface area (Å²) < 4.78 is 6.08. The molecule has 0 aliphatic heterocycles. The van der Waals surface area contributed by atoms with Crippen LogP contribution in [-0.2, 0) is 0 Å². The average Bonchev–Trinajstić information content (AvgIpc) is 2.35. The molecule has 0 amide bonds. The third-order valence-electron chi connectivity index (χ3n) is 3.97. The van der Waals surface area contributed by atoms with Gasteiger partial charge in [0.15, 0.2) is 5.84 Å². The first kappa shape index (κ1) is 16.0. The molecule has 2 unspecified atom stereocenters. The molecule has 1 saturated carbocycles. The van der Waals surface area contributed by atoms with E-state index in [4.69, 9.17) is 27.3 Å². The van der Waals surface area contributed by atoms with E-state index in [0.717, 1.165) is 18.6 Å². The molecule has 0 heterocycles. The first-order valence-corrected chi connectivity index (χ1v) is 7.62. The number of amidine groups is 1. The second kappa shape index (κ2) is 6.14. The van der Waals surface area contributed by atoms with Crippen LogP contribution in [0, 0.1) is 11.3 Å². The monoisotopic (exact) mass is 310 g/mol. The lowest BCUT2D eigenvalue weighted by Gasteiger charge is -2.38. The summed E-state index contributed by atoms with van der Waals surface area (Å²) in [6.07, 6.45) is 3.53. The quantitative estimate of drug-likeness (QED) is 0.383. The second-order valence-electron chi connectivity index (χ2n) is 6.78. The predicted octanol–water partition coefficient (Wildman–Crippen LogP) is 4.03. The molecule has 0 aromatic heterocycles. The SMILES string of the molecule is CC1CC(Oc2ccc(C(N)=NO)c(Cl)c2)CC(C)(C)C1. The first-order valence-electron chi connectivity index (χ1n) is 7.25. The average molecular weight is 311 g/mol. The van der Waals surface area contributed by atoms with Crippen molar-refractivity contribution < 1.29 is 9.94 Å². The number of hydrogen-bond acceptors (Lipinski definition) is 3. The molecule has 21 heavy (non-hydrogen) atoms. The van der Waals surface area contributed by atoms with E-state index >= 15 is 0 Å². The molecule has 3 N–H and O–H groups in total. The zero-order valence-electron chi connectivity index (χ0n) is 12.8. The highest BCUT2D eigenvalue weighted by atomic mass is 35.5. The van der Waals surface area contributed by atoms with Crippen LogP contribution in [0.25, 0.3) is 0 Å². The summed E-state index contributed by atoms with van der Waals surface area (Å²) in [5.74, 6) is 1.38. The highest BCUT2D eigenvalue weighted by molar-refractivity contribution is 6.34. The Morgan fingerprint density at radius 2 is 2.14 bits per heavy atom. The number of benzene rings is 1. The number of rotatable bonds is 3. The molecule has 0 spiro atoms. The van der Waals surface area contributed by atoms with E-state index in [9.17, 15) is 0 Å². The summed E-state index contributed by atoms with van der Waals surface area (Å²) in [4.78, 5) is 0. The molecule has 1 aliphatic carbocycles. The number of nitrogens with zero attached hydrogens (tertiary/aromatic N) is 1. The summed E-state index contributed by atoms with van der Waals surface area (Å²) in [6.45, 7) is 6.84. The Bertz CT molecular complexity index is 543. The molecule has 1 fully saturated rings. The van der Waals surface area contributed by atoms with Crippen LogP contribution in [0.2, 0.25) is 5.02 Å². The highest BCUT2D eigenvalue weighted by Gasteiger charge is 2.33. The van der Waals surface area contributed by atoms with Gasteiger partial charge in [0.1, 0.15) is 5.75 Å². The third kappa shape index (κ3) is 4.03. The maximum atomic E-state index is 8.70. The fourth-order valence-electron chi connectivity index (χ4n) is 3.37. The molecule has 4 nitrogen and oxygen atoms in total. The van der Waals surface area contributed by atoms with Gasteiger partial charge in [-0.15, -0.1) is 0 Å². The fraction of sp³-hybridized carbons (Fsp3) is 0.562. The van der Waals surface area contributed by atoms with E-state index in [2.05, 4.69) is 25.9 Å². The van der Waals surface area contributed by atoms with Crippen LogP contribution >= 0.6 is 11.6 Å². The minimum Gasteiger partial charge on any atom is -0.490 e. The molecule has 5 heteroatoms. The van der Waals surface area contributed by atoms with Gasteiger partial charge in [-0.05, 0) is 48.8 Å². The lowest BCUT2D eigenvalue weighted by Crippen LogP contribution is -2.34. The van der Waals surface area contributed by atoms with Crippen molar-refractivity contribution in [3.63, 3.8) is 0 Å². The maximum absolute atomic E-state index is 8.70. The Morgan fingerprint density at radius 1 is 1.43 bits per heavy atom. The van der Waals surface area contributed by atoms with Gasteiger partial charge in [-0.2, -0.15) is 0 Å². The number of oxime groups is 1. The van der Waals surface area contributed by atoms with E-state index in [1.807, 2.05) is 6.07 Å². The number of hydrogen-bond donors (Lipinski definition) is 2. The molecule has 2 rings (SSSR count). The van der Waals surface area contributed by atoms with Gasteiger partial charge in [0.25, 0.3) is 0 Å². The summed E-state index contributed by atoms with van der Waals surface area (Å²) in [7, 11) is 0. The Balaban J connectivity index is 2.12. The molecule has 1 aliphatic rings. The number of ether oxygens (including phenoxy) is 1. The third-order valence-corrected chi connectivity index (χ3v) is 4.29. The van der Waals surface area contributed by atoms with E-state index in [1.54, 1.807) is 12.1 Å². The van der Waals surface area contributed by atoms with Gasteiger partial charge in [0, 0.05) is 5.56 Å². The normalized spacial score (nSPS) is 25.6. The molecule has 1 aromatic rings. The van der Waals surface area contributed by atoms with E-state index in [1.165, 1.54) is 6.42 Å². The zero-order valence-corrected chi connectivity index (χ0v) is 13.5. The first-order chi connectivity index (χ1) is 9.80. The van der Waals surface area contributed by atoms with Gasteiger partial charge < -0.3 is 15.7 Å². The van der Waals surface area contributed by atoms with Crippen molar-refractivity contribution in [2.24, 2.45) is 22.2 Å². The van der Waals surface area contributed by atoms with Crippen molar-refractivity contribution in [2.75, 3.05) is 0 Å². The largest absolute Gasteiger partial charge is 0.490 e. The van der Waals surface area contributed by atoms with Crippen molar-refractivity contribution in [1.29, 1.82) is 0 Å². The molecule has 0 radical (unpaired) electrons. The van der Waals surface area contributed by atoms with Crippen molar-refractivity contribution >= 4 is 17.4 Å². The Morgan fingerprint density at radius 3 is 2.71 bits per heavy atom. The molecular formula is C16H23ClN2O2. The van der Waals surface area contributed by atoms with Gasteiger partial charge in [-0.3, -0.25) is 0 Å². The molecule has 2 atom stereocenters. The van der Waals surface area contributed by atoms with Crippen LogP contribution in [0.1, 0.15) is 45.6 Å². The predicted molar refractivity (Wildman–Crippen MR) is 85.2 cm³/mol. The fourth-order valence-corrected chi connectivity index (χ4v) is 3.64. The van der Waals surface area contributed by atoms with Crippen molar-refractivity contribution in [3.8, 4) is 5.75 Å². The van der Waals surface area contributed by atoms with Crippen molar-refractivity contribution in [1.82, 2.24) is 0 Å². The lowest BCUT2D eigenvalue weighted by atomic mass is 9.71. The van der Waals surface area contributed by atoms with E-state index in [-0.39, 0.29) is 11.9 Å². The van der Waals surface area contributed by atoms with Crippen LogP contribution in [0.5, 0.6) is 5.75 Å². The topological polar surface area (TPSA) is 67.8 Å². The van der Waals surface area contributed by atoms with Crippen LogP contribution in [0.4, 0.5) is 0 Å². The maximum Gasteiger partial charge on any atom is 0.171 e. The van der Waals surface area contributed by atoms with Crippen molar-refractivity contribution in [3.05, 3.63) is 28.8 Å². The summed E-state index contributed by atoms with van der Waals surface area (Å²) in [6, 6.07) is 5.25. The summed E-state index contributed by atoms with van der Waals surface area (Å²) >= 11 is 6.15. The number of nitrogens with two attached hydrogens (primary N) is 1. The Labute approximate surface area is 130 Å². The van der Waals surface area contributed by atoms with Crippen LogP contribution in [0.3, 0.4) is 0 Å². The summed E-state index contributed by atoms with van der Waals surface area (Å²) in [5.41, 5.74) is 6.37.